The number of nitrogens with one attached hydrogen (secondary N) is 1. The van der Waals surface area contributed by atoms with Crippen LogP contribution in [-0.4, -0.2) is 54.9 Å². The van der Waals surface area contributed by atoms with E-state index in [-0.39, 0.29) is 11.9 Å². The van der Waals surface area contributed by atoms with Crippen LogP contribution in [0.1, 0.15) is 19.8 Å². The van der Waals surface area contributed by atoms with Gasteiger partial charge in [0.05, 0.1) is 16.6 Å². The lowest BCUT2D eigenvalue weighted by molar-refractivity contribution is -0.132. The molecule has 24 heavy (non-hydrogen) atoms. The maximum absolute atomic E-state index is 12.7. The molecule has 2 aliphatic heterocycles. The Balaban J connectivity index is 1.78. The molecule has 0 aromatic heterocycles. The fraction of sp³-hybridized carbons (Fsp3) is 0.471. The summed E-state index contributed by atoms with van der Waals surface area (Å²) in [5, 5.41) is 3.37. The van der Waals surface area contributed by atoms with Crippen molar-refractivity contribution < 1.29 is 13.2 Å². The summed E-state index contributed by atoms with van der Waals surface area (Å²) in [6.45, 7) is 6.82. The maximum atomic E-state index is 12.7. The molecule has 2 saturated heterocycles. The number of sulfonamides is 1. The van der Waals surface area contributed by atoms with Crippen LogP contribution >= 0.6 is 0 Å². The van der Waals surface area contributed by atoms with Crippen molar-refractivity contribution in [2.24, 2.45) is 0 Å². The Morgan fingerprint density at radius 2 is 1.92 bits per heavy atom. The Kier molecular flexibility index (Phi) is 4.50. The van der Waals surface area contributed by atoms with E-state index in [0.29, 0.717) is 37.4 Å². The van der Waals surface area contributed by atoms with Gasteiger partial charge in [-0.1, -0.05) is 24.3 Å². The van der Waals surface area contributed by atoms with Gasteiger partial charge in [-0.15, -0.1) is 6.58 Å². The van der Waals surface area contributed by atoms with Gasteiger partial charge in [0.15, 0.2) is 0 Å². The van der Waals surface area contributed by atoms with Crippen LogP contribution in [0.3, 0.4) is 0 Å². The minimum atomic E-state index is -3.48. The second kappa shape index (κ2) is 6.31. The first-order valence-corrected chi connectivity index (χ1v) is 9.60. The minimum Gasteiger partial charge on any atom is -0.319 e. The Bertz CT molecular complexity index is 725. The molecular weight excluding hydrogens is 326 g/mol. The predicted octanol–water partition coefficient (Wildman–Crippen LogP) is 1.17. The summed E-state index contributed by atoms with van der Waals surface area (Å²) in [6, 6.07) is 8.23. The molecule has 130 valence electrons. The number of nitrogens with zero attached hydrogens (tertiary/aromatic N) is 2. The van der Waals surface area contributed by atoms with E-state index in [2.05, 4.69) is 11.9 Å². The summed E-state index contributed by atoms with van der Waals surface area (Å²) in [4.78, 5) is 14.5. The molecule has 2 fully saturated rings. The van der Waals surface area contributed by atoms with E-state index in [1.807, 2.05) is 6.92 Å². The number of hydrogen-bond donors (Lipinski definition) is 1. The fourth-order valence-corrected chi connectivity index (χ4v) is 5.10. The van der Waals surface area contributed by atoms with E-state index in [9.17, 15) is 13.2 Å². The molecule has 1 atom stereocenters. The fourth-order valence-electron chi connectivity index (χ4n) is 3.63. The number of benzene rings is 1. The smallest absolute Gasteiger partial charge is 0.243 e. The molecule has 3 rings (SSSR count). The van der Waals surface area contributed by atoms with Gasteiger partial charge in [0.2, 0.25) is 15.9 Å². The first-order valence-electron chi connectivity index (χ1n) is 8.16. The standard InChI is InChI=1S/C17H23N3O3S/c1-3-11-20-16(21)14(2)18-17(20)9-12-19(13-10-17)24(22,23)15-7-5-4-6-8-15/h3-8,14,18H,1,9-13H2,2H3. The average Bonchev–Trinajstić information content (AvgIpc) is 2.81. The lowest BCUT2D eigenvalue weighted by Gasteiger charge is -2.43. The van der Waals surface area contributed by atoms with Gasteiger partial charge in [-0.25, -0.2) is 8.42 Å². The van der Waals surface area contributed by atoms with Crippen molar-refractivity contribution in [3.63, 3.8) is 0 Å². The van der Waals surface area contributed by atoms with E-state index in [4.69, 9.17) is 0 Å². The molecule has 1 aromatic carbocycles. The third kappa shape index (κ3) is 2.76. The van der Waals surface area contributed by atoms with Gasteiger partial charge in [0, 0.05) is 19.6 Å². The SMILES string of the molecule is C=CCN1C(=O)C(C)NC12CCN(S(=O)(=O)c1ccccc1)CC2. The summed E-state index contributed by atoms with van der Waals surface area (Å²) in [5.41, 5.74) is -0.465. The van der Waals surface area contributed by atoms with Gasteiger partial charge in [-0.2, -0.15) is 4.31 Å². The molecule has 7 heteroatoms. The normalized spacial score (nSPS) is 24.5. The van der Waals surface area contributed by atoms with Gasteiger partial charge < -0.3 is 4.90 Å². The molecular formula is C17H23N3O3S. The molecule has 2 heterocycles. The maximum Gasteiger partial charge on any atom is 0.243 e. The van der Waals surface area contributed by atoms with Crippen LogP contribution in [-0.2, 0) is 14.8 Å². The summed E-state index contributed by atoms with van der Waals surface area (Å²) in [5.74, 6) is 0.0502. The second-order valence-corrected chi connectivity index (χ2v) is 8.29. The second-order valence-electron chi connectivity index (χ2n) is 6.35. The van der Waals surface area contributed by atoms with Crippen molar-refractivity contribution in [1.29, 1.82) is 0 Å². The van der Waals surface area contributed by atoms with Crippen molar-refractivity contribution in [3.05, 3.63) is 43.0 Å². The number of hydrogen-bond acceptors (Lipinski definition) is 4. The topological polar surface area (TPSA) is 69.7 Å². The number of piperidine rings is 1. The zero-order chi connectivity index (χ0) is 17.4. The van der Waals surface area contributed by atoms with Gasteiger partial charge in [0.25, 0.3) is 0 Å². The number of rotatable bonds is 4. The molecule has 1 spiro atoms. The summed E-state index contributed by atoms with van der Waals surface area (Å²) < 4.78 is 27.0. The predicted molar refractivity (Wildman–Crippen MR) is 91.7 cm³/mol. The lowest BCUT2D eigenvalue weighted by atomic mass is 9.97. The number of amides is 1. The summed E-state index contributed by atoms with van der Waals surface area (Å²) >= 11 is 0. The van der Waals surface area contributed by atoms with Crippen molar-refractivity contribution in [2.45, 2.75) is 36.4 Å². The molecule has 0 saturated carbocycles. The largest absolute Gasteiger partial charge is 0.319 e. The van der Waals surface area contributed by atoms with E-state index >= 15 is 0 Å². The highest BCUT2D eigenvalue weighted by Crippen LogP contribution is 2.34. The van der Waals surface area contributed by atoms with Gasteiger partial charge in [0.1, 0.15) is 0 Å². The highest BCUT2D eigenvalue weighted by molar-refractivity contribution is 7.89. The quantitative estimate of drug-likeness (QED) is 0.829. The van der Waals surface area contributed by atoms with Crippen molar-refractivity contribution in [2.75, 3.05) is 19.6 Å². The molecule has 0 bridgehead atoms. The van der Waals surface area contributed by atoms with Crippen LogP contribution in [0.15, 0.2) is 47.9 Å². The van der Waals surface area contributed by atoms with Crippen molar-refractivity contribution >= 4 is 15.9 Å². The molecule has 1 amide bonds. The first kappa shape index (κ1) is 17.1. The van der Waals surface area contributed by atoms with Gasteiger partial charge >= 0.3 is 0 Å². The Hall–Kier alpha value is -1.70. The summed E-state index contributed by atoms with van der Waals surface area (Å²) in [7, 11) is -3.48. The van der Waals surface area contributed by atoms with Crippen LogP contribution in [0.2, 0.25) is 0 Å². The number of carbonyl (C=O) groups is 1. The molecule has 1 N–H and O–H groups in total. The van der Waals surface area contributed by atoms with Crippen LogP contribution in [0.25, 0.3) is 0 Å². The van der Waals surface area contributed by atoms with Crippen LogP contribution in [0, 0.1) is 0 Å². The van der Waals surface area contributed by atoms with E-state index in [1.165, 1.54) is 4.31 Å². The van der Waals surface area contributed by atoms with E-state index < -0.39 is 15.7 Å². The molecule has 0 radical (unpaired) electrons. The first-order chi connectivity index (χ1) is 11.4. The lowest BCUT2D eigenvalue weighted by Crippen LogP contribution is -2.59. The molecule has 1 unspecified atom stereocenters. The Morgan fingerprint density at radius 3 is 2.50 bits per heavy atom. The molecule has 2 aliphatic rings. The third-order valence-electron chi connectivity index (χ3n) is 4.88. The summed E-state index contributed by atoms with van der Waals surface area (Å²) in [6.07, 6.45) is 2.86. The third-order valence-corrected chi connectivity index (χ3v) is 6.79. The van der Waals surface area contributed by atoms with Crippen LogP contribution in [0.4, 0.5) is 0 Å². The highest BCUT2D eigenvalue weighted by atomic mass is 32.2. The highest BCUT2D eigenvalue weighted by Gasteiger charge is 2.50. The molecule has 0 aliphatic carbocycles. The van der Waals surface area contributed by atoms with Crippen molar-refractivity contribution in [3.8, 4) is 0 Å². The van der Waals surface area contributed by atoms with Crippen LogP contribution < -0.4 is 5.32 Å². The molecule has 1 aromatic rings. The monoisotopic (exact) mass is 349 g/mol. The Morgan fingerprint density at radius 1 is 1.29 bits per heavy atom. The van der Waals surface area contributed by atoms with Crippen molar-refractivity contribution in [1.82, 2.24) is 14.5 Å². The van der Waals surface area contributed by atoms with E-state index in [0.717, 1.165) is 0 Å². The van der Waals surface area contributed by atoms with Crippen LogP contribution in [0.5, 0.6) is 0 Å². The van der Waals surface area contributed by atoms with Gasteiger partial charge in [-0.3, -0.25) is 10.1 Å². The zero-order valence-electron chi connectivity index (χ0n) is 13.8. The van der Waals surface area contributed by atoms with Gasteiger partial charge in [-0.05, 0) is 31.9 Å². The van der Waals surface area contributed by atoms with E-state index in [1.54, 1.807) is 41.3 Å². The minimum absolute atomic E-state index is 0.0502. The molecule has 6 nitrogen and oxygen atoms in total. The average molecular weight is 349 g/mol. The Labute approximate surface area is 143 Å². The number of carbonyl (C=O) groups excluding carboxylic acids is 1. The zero-order valence-corrected chi connectivity index (χ0v) is 14.6.